The van der Waals surface area contributed by atoms with E-state index in [1.54, 1.807) is 12.1 Å². The van der Waals surface area contributed by atoms with Crippen LogP contribution in [0.2, 0.25) is 5.02 Å². The molecule has 0 bridgehead atoms. The first-order valence-electron chi connectivity index (χ1n) is 6.28. The minimum Gasteiger partial charge on any atom is -0.258 e. The average Bonchev–Trinajstić information content (AvgIpc) is 2.75. The van der Waals surface area contributed by atoms with Gasteiger partial charge in [0.2, 0.25) is 0 Å². The van der Waals surface area contributed by atoms with E-state index in [2.05, 4.69) is 6.08 Å². The van der Waals surface area contributed by atoms with Crippen molar-refractivity contribution in [3.63, 3.8) is 0 Å². The Bertz CT molecular complexity index is 720. The summed E-state index contributed by atoms with van der Waals surface area (Å²) in [7, 11) is 0. The minimum absolute atomic E-state index is 0.0715. The molecule has 1 aliphatic carbocycles. The second-order valence-corrected chi connectivity index (χ2v) is 5.38. The molecule has 0 amide bonds. The van der Waals surface area contributed by atoms with E-state index in [1.165, 1.54) is 5.57 Å². The topological polar surface area (TPSA) is 43.1 Å². The minimum atomic E-state index is -0.354. The number of rotatable bonds is 2. The zero-order valence-corrected chi connectivity index (χ0v) is 11.6. The number of allylic oxidation sites excluding steroid dienone is 1. The summed E-state index contributed by atoms with van der Waals surface area (Å²) in [5, 5.41) is 11.6. The summed E-state index contributed by atoms with van der Waals surface area (Å²) in [5.41, 5.74) is 4.45. The Balaban J connectivity index is 2.11. The highest BCUT2D eigenvalue weighted by Gasteiger charge is 2.26. The van der Waals surface area contributed by atoms with Gasteiger partial charge in [0.25, 0.3) is 5.69 Å². The van der Waals surface area contributed by atoms with Crippen molar-refractivity contribution >= 4 is 23.4 Å². The number of hydrogen-bond donors (Lipinski definition) is 0. The normalized spacial score (nSPS) is 16.7. The molecule has 1 unspecified atom stereocenters. The summed E-state index contributed by atoms with van der Waals surface area (Å²) in [6.45, 7) is 2.05. The molecule has 4 heteroatoms. The molecule has 0 saturated heterocycles. The number of nitrogens with zero attached hydrogens (tertiary/aromatic N) is 1. The van der Waals surface area contributed by atoms with Crippen LogP contribution in [0.5, 0.6) is 0 Å². The van der Waals surface area contributed by atoms with Crippen molar-refractivity contribution in [3.8, 4) is 0 Å². The molecule has 0 saturated carbocycles. The predicted octanol–water partition coefficient (Wildman–Crippen LogP) is 4.80. The Morgan fingerprint density at radius 3 is 2.50 bits per heavy atom. The lowest BCUT2D eigenvalue weighted by Crippen LogP contribution is -2.00. The molecule has 0 aromatic heterocycles. The monoisotopic (exact) mass is 285 g/mol. The third kappa shape index (κ3) is 2.10. The van der Waals surface area contributed by atoms with E-state index in [0.717, 1.165) is 16.7 Å². The Morgan fingerprint density at radius 2 is 1.85 bits per heavy atom. The summed E-state index contributed by atoms with van der Waals surface area (Å²) >= 11 is 5.92. The van der Waals surface area contributed by atoms with Gasteiger partial charge in [-0.3, -0.25) is 10.1 Å². The lowest BCUT2D eigenvalue weighted by molar-refractivity contribution is -0.384. The summed E-state index contributed by atoms with van der Waals surface area (Å²) in [5.74, 6) is 0.0715. The van der Waals surface area contributed by atoms with Gasteiger partial charge in [-0.25, -0.2) is 0 Å². The number of benzene rings is 2. The highest BCUT2D eigenvalue weighted by molar-refractivity contribution is 6.30. The Morgan fingerprint density at radius 1 is 1.15 bits per heavy atom. The molecule has 0 radical (unpaired) electrons. The third-order valence-electron chi connectivity index (χ3n) is 3.63. The fraction of sp³-hybridized carbons (Fsp3) is 0.125. The summed E-state index contributed by atoms with van der Waals surface area (Å²) in [6, 6.07) is 12.7. The van der Waals surface area contributed by atoms with Gasteiger partial charge in [0.05, 0.1) is 4.92 Å². The lowest BCUT2D eigenvalue weighted by atomic mass is 9.89. The predicted molar refractivity (Wildman–Crippen MR) is 80.0 cm³/mol. The first-order valence-corrected chi connectivity index (χ1v) is 6.66. The quantitative estimate of drug-likeness (QED) is 0.588. The molecule has 100 valence electrons. The van der Waals surface area contributed by atoms with E-state index >= 15 is 0 Å². The van der Waals surface area contributed by atoms with Crippen LogP contribution in [0.15, 0.2) is 48.0 Å². The maximum Gasteiger partial charge on any atom is 0.269 e. The van der Waals surface area contributed by atoms with Crippen molar-refractivity contribution in [2.45, 2.75) is 12.8 Å². The molecular formula is C16H12ClNO2. The fourth-order valence-corrected chi connectivity index (χ4v) is 2.85. The van der Waals surface area contributed by atoms with Gasteiger partial charge < -0.3 is 0 Å². The Hall–Kier alpha value is -2.13. The molecule has 3 rings (SSSR count). The number of hydrogen-bond acceptors (Lipinski definition) is 2. The zero-order valence-electron chi connectivity index (χ0n) is 10.8. The van der Waals surface area contributed by atoms with Crippen molar-refractivity contribution < 1.29 is 4.92 Å². The van der Waals surface area contributed by atoms with E-state index in [9.17, 15) is 10.1 Å². The number of nitro benzene ring substituents is 1. The largest absolute Gasteiger partial charge is 0.269 e. The van der Waals surface area contributed by atoms with Crippen LogP contribution in [-0.4, -0.2) is 4.92 Å². The van der Waals surface area contributed by atoms with Gasteiger partial charge in [0.1, 0.15) is 0 Å². The standard InChI is InChI=1S/C16H12ClNO2/c1-10-8-12-4-7-14(18(19)20)9-15(12)16(10)11-2-5-13(17)6-3-11/h2-9,16H,1H3. The molecule has 0 heterocycles. The molecule has 1 atom stereocenters. The molecule has 0 aliphatic heterocycles. The fourth-order valence-electron chi connectivity index (χ4n) is 2.73. The van der Waals surface area contributed by atoms with Crippen molar-refractivity contribution in [2.75, 3.05) is 0 Å². The average molecular weight is 286 g/mol. The van der Waals surface area contributed by atoms with Gasteiger partial charge in [-0.1, -0.05) is 35.4 Å². The molecule has 3 nitrogen and oxygen atoms in total. The van der Waals surface area contributed by atoms with Crippen LogP contribution < -0.4 is 0 Å². The molecule has 0 spiro atoms. The molecular weight excluding hydrogens is 274 g/mol. The Labute approximate surface area is 121 Å². The first kappa shape index (κ1) is 12.9. The van der Waals surface area contributed by atoms with Crippen LogP contribution in [0.1, 0.15) is 29.5 Å². The third-order valence-corrected chi connectivity index (χ3v) is 3.89. The summed E-state index contributed by atoms with van der Waals surface area (Å²) in [4.78, 5) is 10.6. The molecule has 20 heavy (non-hydrogen) atoms. The van der Waals surface area contributed by atoms with Crippen LogP contribution in [-0.2, 0) is 0 Å². The highest BCUT2D eigenvalue weighted by atomic mass is 35.5. The summed E-state index contributed by atoms with van der Waals surface area (Å²) in [6.07, 6.45) is 2.08. The van der Waals surface area contributed by atoms with Gasteiger partial charge in [0.15, 0.2) is 0 Å². The zero-order chi connectivity index (χ0) is 14.3. The van der Waals surface area contributed by atoms with E-state index in [1.807, 2.05) is 37.3 Å². The van der Waals surface area contributed by atoms with Crippen LogP contribution in [0, 0.1) is 10.1 Å². The van der Waals surface area contributed by atoms with Gasteiger partial charge in [0, 0.05) is 23.1 Å². The maximum atomic E-state index is 10.9. The lowest BCUT2D eigenvalue weighted by Gasteiger charge is -2.15. The van der Waals surface area contributed by atoms with E-state index < -0.39 is 0 Å². The van der Waals surface area contributed by atoms with Crippen molar-refractivity contribution in [1.82, 2.24) is 0 Å². The van der Waals surface area contributed by atoms with Crippen LogP contribution >= 0.6 is 11.6 Å². The van der Waals surface area contributed by atoms with E-state index in [0.29, 0.717) is 5.02 Å². The molecule has 2 aromatic rings. The van der Waals surface area contributed by atoms with Gasteiger partial charge in [-0.15, -0.1) is 0 Å². The highest BCUT2D eigenvalue weighted by Crippen LogP contribution is 2.42. The Kier molecular flexibility index (Phi) is 3.07. The van der Waals surface area contributed by atoms with E-state index in [-0.39, 0.29) is 16.5 Å². The SMILES string of the molecule is CC1=Cc2ccc([N+](=O)[O-])cc2C1c1ccc(Cl)cc1. The van der Waals surface area contributed by atoms with Crippen LogP contribution in [0.3, 0.4) is 0 Å². The first-order chi connectivity index (χ1) is 9.56. The van der Waals surface area contributed by atoms with Gasteiger partial charge in [-0.05, 0) is 41.8 Å². The van der Waals surface area contributed by atoms with Gasteiger partial charge in [-0.2, -0.15) is 0 Å². The molecule has 1 aliphatic rings. The number of nitro groups is 1. The summed E-state index contributed by atoms with van der Waals surface area (Å²) < 4.78 is 0. The van der Waals surface area contributed by atoms with Crippen LogP contribution in [0.4, 0.5) is 5.69 Å². The van der Waals surface area contributed by atoms with E-state index in [4.69, 9.17) is 11.6 Å². The second-order valence-electron chi connectivity index (χ2n) is 4.94. The number of halogens is 1. The van der Waals surface area contributed by atoms with Gasteiger partial charge >= 0.3 is 0 Å². The maximum absolute atomic E-state index is 10.9. The smallest absolute Gasteiger partial charge is 0.258 e. The van der Waals surface area contributed by atoms with Crippen molar-refractivity contribution in [3.05, 3.63) is 79.9 Å². The van der Waals surface area contributed by atoms with Crippen LogP contribution in [0.25, 0.3) is 6.08 Å². The van der Waals surface area contributed by atoms with Crippen molar-refractivity contribution in [1.29, 1.82) is 0 Å². The molecule has 0 N–H and O–H groups in total. The number of fused-ring (bicyclic) bond motifs is 1. The second kappa shape index (κ2) is 4.76. The van der Waals surface area contributed by atoms with Crippen molar-refractivity contribution in [2.24, 2.45) is 0 Å². The molecule has 2 aromatic carbocycles. The molecule has 0 fully saturated rings. The number of non-ortho nitro benzene ring substituents is 1.